The molecule has 1 aromatic rings. The Kier molecular flexibility index (Phi) is 3.07. The van der Waals surface area contributed by atoms with Crippen LogP contribution in [0.2, 0.25) is 0 Å². The van der Waals surface area contributed by atoms with Crippen LogP contribution in [0.4, 0.5) is 0 Å². The predicted molar refractivity (Wildman–Crippen MR) is 51.5 cm³/mol. The molecule has 0 radical (unpaired) electrons. The van der Waals surface area contributed by atoms with E-state index in [4.69, 9.17) is 15.6 Å². The molecule has 0 aliphatic carbocycles. The molecule has 0 unspecified atom stereocenters. The van der Waals surface area contributed by atoms with Crippen molar-refractivity contribution in [2.24, 2.45) is 5.73 Å². The lowest BCUT2D eigenvalue weighted by molar-refractivity contribution is -0.0588. The van der Waals surface area contributed by atoms with Crippen LogP contribution in [0.5, 0.6) is 0 Å². The second-order valence-electron chi connectivity index (χ2n) is 3.64. The number of amides is 1. The number of aliphatic hydroxyl groups excluding tert-OH is 3. The summed E-state index contributed by atoms with van der Waals surface area (Å²) in [4.78, 5) is 14.4. The average Bonchev–Trinajstić information content (AvgIpc) is 2.87. The van der Waals surface area contributed by atoms with Gasteiger partial charge in [-0.2, -0.15) is 0 Å². The molecule has 94 valence electrons. The lowest BCUT2D eigenvalue weighted by atomic mass is 10.1. The number of hydrogen-bond acceptors (Lipinski definition) is 7. The van der Waals surface area contributed by atoms with Gasteiger partial charge in [-0.1, -0.05) is 0 Å². The summed E-state index contributed by atoms with van der Waals surface area (Å²) in [7, 11) is 0. The molecule has 1 aliphatic rings. The minimum Gasteiger partial charge on any atom is -0.394 e. The quantitative estimate of drug-likeness (QED) is 0.443. The Hall–Kier alpha value is -1.55. The summed E-state index contributed by atoms with van der Waals surface area (Å²) in [6.45, 7) is -0.438. The Bertz CT molecular complexity index is 422. The molecule has 1 aromatic heterocycles. The van der Waals surface area contributed by atoms with Crippen molar-refractivity contribution in [1.82, 2.24) is 14.8 Å². The second kappa shape index (κ2) is 4.37. The van der Waals surface area contributed by atoms with Gasteiger partial charge in [0.15, 0.2) is 6.23 Å². The second-order valence-corrected chi connectivity index (χ2v) is 3.64. The molecule has 1 saturated heterocycles. The van der Waals surface area contributed by atoms with Crippen molar-refractivity contribution < 1.29 is 24.9 Å². The van der Waals surface area contributed by atoms with Gasteiger partial charge in [-0.05, 0) is 0 Å². The van der Waals surface area contributed by atoms with E-state index in [2.05, 4.69) is 10.1 Å². The van der Waals surface area contributed by atoms with E-state index in [0.29, 0.717) is 0 Å². The van der Waals surface area contributed by atoms with E-state index in [-0.39, 0.29) is 5.82 Å². The molecule has 17 heavy (non-hydrogen) atoms. The predicted octanol–water partition coefficient (Wildman–Crippen LogP) is -3.01. The van der Waals surface area contributed by atoms with E-state index < -0.39 is 37.1 Å². The Labute approximate surface area is 95.4 Å². The molecule has 0 saturated carbocycles. The van der Waals surface area contributed by atoms with Gasteiger partial charge in [0.25, 0.3) is 5.91 Å². The molecular formula is C8H12N4O5. The Morgan fingerprint density at radius 1 is 1.53 bits per heavy atom. The fourth-order valence-electron chi connectivity index (χ4n) is 1.61. The highest BCUT2D eigenvalue weighted by atomic mass is 16.6. The van der Waals surface area contributed by atoms with Gasteiger partial charge in [0.1, 0.15) is 24.6 Å². The van der Waals surface area contributed by atoms with Crippen LogP contribution < -0.4 is 5.73 Å². The van der Waals surface area contributed by atoms with Crippen molar-refractivity contribution in [2.75, 3.05) is 6.61 Å². The van der Waals surface area contributed by atoms with Gasteiger partial charge in [-0.15, -0.1) is 5.10 Å². The number of aromatic nitrogens is 3. The minimum atomic E-state index is -1.27. The third-order valence-corrected chi connectivity index (χ3v) is 2.51. The maximum Gasteiger partial charge on any atom is 0.288 e. The highest BCUT2D eigenvalue weighted by Crippen LogP contribution is 2.28. The number of carbonyl (C=O) groups is 1. The Morgan fingerprint density at radius 3 is 2.71 bits per heavy atom. The minimum absolute atomic E-state index is 0.220. The van der Waals surface area contributed by atoms with E-state index in [1.807, 2.05) is 0 Å². The number of ether oxygens (including phenoxy) is 1. The first kappa shape index (κ1) is 11.9. The summed E-state index contributed by atoms with van der Waals surface area (Å²) in [5.74, 6) is -1.03. The molecular weight excluding hydrogens is 232 g/mol. The summed E-state index contributed by atoms with van der Waals surface area (Å²) in [6.07, 6.45) is -3.26. The summed E-state index contributed by atoms with van der Waals surface area (Å²) < 4.78 is 6.25. The van der Waals surface area contributed by atoms with Crippen LogP contribution >= 0.6 is 0 Å². The highest BCUT2D eigenvalue weighted by molar-refractivity contribution is 5.88. The summed E-state index contributed by atoms with van der Waals surface area (Å²) in [5.41, 5.74) is 4.97. The molecule has 2 heterocycles. The normalized spacial score (nSPS) is 32.9. The van der Waals surface area contributed by atoms with Crippen LogP contribution in [0, 0.1) is 0 Å². The van der Waals surface area contributed by atoms with E-state index in [0.717, 1.165) is 11.0 Å². The molecule has 0 aromatic carbocycles. The first-order valence-electron chi connectivity index (χ1n) is 4.88. The zero-order valence-electron chi connectivity index (χ0n) is 8.67. The lowest BCUT2D eigenvalue weighted by Gasteiger charge is -2.13. The monoisotopic (exact) mass is 244 g/mol. The molecule has 1 amide bonds. The third-order valence-electron chi connectivity index (χ3n) is 2.51. The molecule has 0 spiro atoms. The van der Waals surface area contributed by atoms with E-state index in [1.54, 1.807) is 0 Å². The molecule has 2 rings (SSSR count). The maximum absolute atomic E-state index is 10.8. The summed E-state index contributed by atoms with van der Waals surface area (Å²) in [5, 5.41) is 31.8. The summed E-state index contributed by atoms with van der Waals surface area (Å²) >= 11 is 0. The van der Waals surface area contributed by atoms with Gasteiger partial charge in [-0.3, -0.25) is 4.79 Å². The molecule has 1 fully saturated rings. The number of carbonyl (C=O) groups excluding carboxylic acids is 1. The van der Waals surface area contributed by atoms with E-state index >= 15 is 0 Å². The number of primary amides is 1. The van der Waals surface area contributed by atoms with Crippen LogP contribution in [0.25, 0.3) is 0 Å². The van der Waals surface area contributed by atoms with Crippen LogP contribution in [0.1, 0.15) is 16.8 Å². The number of hydrogen-bond donors (Lipinski definition) is 4. The molecule has 1 aliphatic heterocycles. The first-order chi connectivity index (χ1) is 8.04. The molecule has 5 N–H and O–H groups in total. The van der Waals surface area contributed by atoms with Crippen molar-refractivity contribution in [3.8, 4) is 0 Å². The zero-order valence-corrected chi connectivity index (χ0v) is 8.67. The standard InChI is InChI=1S/C8H12N4O5/c9-6(16)7-10-2-12(11-7)8-5(15)4(14)3(1-13)17-8/h2-5,8,13-15H,1H2,(H2,9,16)/t3-,4+,5+,8+/m1/s1. The van der Waals surface area contributed by atoms with Gasteiger partial charge in [0, 0.05) is 0 Å². The number of rotatable bonds is 3. The van der Waals surface area contributed by atoms with Crippen LogP contribution in [0.15, 0.2) is 6.33 Å². The number of aliphatic hydroxyl groups is 3. The van der Waals surface area contributed by atoms with Gasteiger partial charge >= 0.3 is 0 Å². The van der Waals surface area contributed by atoms with Crippen molar-refractivity contribution in [2.45, 2.75) is 24.5 Å². The fourth-order valence-corrected chi connectivity index (χ4v) is 1.61. The highest BCUT2D eigenvalue weighted by Gasteiger charge is 2.43. The molecule has 9 nitrogen and oxygen atoms in total. The SMILES string of the molecule is NC(=O)c1ncn([C@H]2O[C@H](CO)[C@H](O)[C@@H]2O)n1. The van der Waals surface area contributed by atoms with Crippen LogP contribution in [-0.4, -0.2) is 60.9 Å². The van der Waals surface area contributed by atoms with Gasteiger partial charge in [-0.25, -0.2) is 9.67 Å². The van der Waals surface area contributed by atoms with Crippen molar-refractivity contribution in [3.05, 3.63) is 12.2 Å². The van der Waals surface area contributed by atoms with Crippen LogP contribution in [-0.2, 0) is 4.74 Å². The van der Waals surface area contributed by atoms with E-state index in [9.17, 15) is 15.0 Å². The van der Waals surface area contributed by atoms with Crippen LogP contribution in [0.3, 0.4) is 0 Å². The lowest BCUT2D eigenvalue weighted by Crippen LogP contribution is -2.33. The van der Waals surface area contributed by atoms with E-state index in [1.165, 1.54) is 0 Å². The fraction of sp³-hybridized carbons (Fsp3) is 0.625. The number of nitrogens with two attached hydrogens (primary N) is 1. The largest absolute Gasteiger partial charge is 0.394 e. The smallest absolute Gasteiger partial charge is 0.288 e. The Balaban J connectivity index is 2.19. The third kappa shape index (κ3) is 2.00. The summed E-state index contributed by atoms with van der Waals surface area (Å²) in [6, 6.07) is 0. The average molecular weight is 244 g/mol. The van der Waals surface area contributed by atoms with Gasteiger partial charge in [0.2, 0.25) is 5.82 Å². The number of nitrogens with zero attached hydrogens (tertiary/aromatic N) is 3. The zero-order chi connectivity index (χ0) is 12.6. The van der Waals surface area contributed by atoms with Crippen molar-refractivity contribution in [1.29, 1.82) is 0 Å². The van der Waals surface area contributed by atoms with Gasteiger partial charge in [0.05, 0.1) is 6.61 Å². The molecule has 0 bridgehead atoms. The van der Waals surface area contributed by atoms with Gasteiger partial charge < -0.3 is 25.8 Å². The van der Waals surface area contributed by atoms with Crippen molar-refractivity contribution >= 4 is 5.91 Å². The van der Waals surface area contributed by atoms with Crippen molar-refractivity contribution in [3.63, 3.8) is 0 Å². The topological polar surface area (TPSA) is 144 Å². The molecule has 4 atom stereocenters. The first-order valence-corrected chi connectivity index (χ1v) is 4.88. The molecule has 9 heteroatoms. The maximum atomic E-state index is 10.8. The Morgan fingerprint density at radius 2 is 2.24 bits per heavy atom.